The van der Waals surface area contributed by atoms with Crippen LogP contribution < -0.4 is 29.6 Å². The molecule has 0 bridgehead atoms. The molecule has 4 heteroatoms. The molecular weight excluding hydrogens is 158 g/mol. The Hall–Kier alpha value is 0.280. The average Bonchev–Trinajstić information content (AvgIpc) is 1.93. The van der Waals surface area contributed by atoms with E-state index in [4.69, 9.17) is 9.46 Å². The Morgan fingerprint density at radius 3 is 1.70 bits per heavy atom. The molecular formula is C6H6NaO2P. The zero-order valence-corrected chi connectivity index (χ0v) is 8.58. The van der Waals surface area contributed by atoms with Gasteiger partial charge >= 0.3 is 38.2 Å². The van der Waals surface area contributed by atoms with Crippen LogP contribution in [-0.4, -0.2) is 4.89 Å². The van der Waals surface area contributed by atoms with Crippen LogP contribution in [0.4, 0.5) is 0 Å². The molecule has 0 aliphatic rings. The van der Waals surface area contributed by atoms with Crippen LogP contribution >= 0.6 is 8.69 Å². The van der Waals surface area contributed by atoms with Gasteiger partial charge in [-0.2, -0.15) is 36.4 Å². The molecule has 10 heavy (non-hydrogen) atoms. The van der Waals surface area contributed by atoms with Crippen molar-refractivity contribution in [2.75, 3.05) is 0 Å². The molecule has 48 valence electrons. The van der Waals surface area contributed by atoms with E-state index < -0.39 is 8.69 Å². The minimum absolute atomic E-state index is 0. The molecule has 0 saturated heterocycles. The van der Waals surface area contributed by atoms with E-state index >= 15 is 0 Å². The van der Waals surface area contributed by atoms with Crippen molar-refractivity contribution in [3.63, 3.8) is 0 Å². The van der Waals surface area contributed by atoms with Gasteiger partial charge in [0.05, 0.1) is 0 Å². The first-order valence-corrected chi connectivity index (χ1v) is 3.06. The normalized spacial score (nSPS) is 6.90. The monoisotopic (exact) mass is 164 g/mol. The third-order valence-electron chi connectivity index (χ3n) is 0.607. The Labute approximate surface area is 83.9 Å². The van der Waals surface area contributed by atoms with Gasteiger partial charge in [0.25, 0.3) is 0 Å². The molecule has 0 spiro atoms. The van der Waals surface area contributed by atoms with E-state index in [1.54, 1.807) is 0 Å². The molecule has 1 aromatic carbocycles. The molecule has 0 fully saturated rings. The third-order valence-corrected chi connectivity index (χ3v) is 0.607. The summed E-state index contributed by atoms with van der Waals surface area (Å²) in [5.74, 6) is 0. The van der Waals surface area contributed by atoms with Gasteiger partial charge in [0.2, 0.25) is 0 Å². The fourth-order valence-corrected chi connectivity index (χ4v) is 0.342. The van der Waals surface area contributed by atoms with Gasteiger partial charge in [0.1, 0.15) is 0 Å². The van der Waals surface area contributed by atoms with Crippen molar-refractivity contribution in [1.82, 2.24) is 0 Å². The Kier molecular flexibility index (Phi) is 15.5. The van der Waals surface area contributed by atoms with Crippen molar-refractivity contribution in [2.24, 2.45) is 0 Å². The molecule has 0 aliphatic carbocycles. The van der Waals surface area contributed by atoms with E-state index in [1.807, 2.05) is 30.3 Å². The van der Waals surface area contributed by atoms with Gasteiger partial charge in [0, 0.05) is 0 Å². The van der Waals surface area contributed by atoms with E-state index in [-0.39, 0.29) is 29.6 Å². The topological polar surface area (TPSA) is 37.3 Å². The Morgan fingerprint density at radius 2 is 1.60 bits per heavy atom. The molecule has 1 N–H and O–H groups in total. The summed E-state index contributed by atoms with van der Waals surface area (Å²) < 4.78 is 8.46. The van der Waals surface area contributed by atoms with E-state index in [0.29, 0.717) is 0 Å². The summed E-state index contributed by atoms with van der Waals surface area (Å²) in [6.45, 7) is 0. The predicted molar refractivity (Wildman–Crippen MR) is 35.1 cm³/mol. The summed E-state index contributed by atoms with van der Waals surface area (Å²) in [6, 6.07) is 12.5. The Bertz CT molecular complexity index is 119. The van der Waals surface area contributed by atoms with Crippen LogP contribution in [0.5, 0.6) is 0 Å². The van der Waals surface area contributed by atoms with Crippen molar-refractivity contribution in [3.05, 3.63) is 36.4 Å². The first-order chi connectivity index (χ1) is 4.41. The summed E-state index contributed by atoms with van der Waals surface area (Å²) >= 11 is 0. The predicted octanol–water partition coefficient (Wildman–Crippen LogP) is -1.32. The number of benzene rings is 1. The number of hydrogen-bond donors (Lipinski definition) is 1. The van der Waals surface area contributed by atoms with E-state index in [9.17, 15) is 0 Å². The van der Waals surface area contributed by atoms with E-state index in [2.05, 4.69) is 6.07 Å². The van der Waals surface area contributed by atoms with Gasteiger partial charge in [-0.15, -0.1) is 0 Å². The van der Waals surface area contributed by atoms with E-state index in [1.165, 1.54) is 0 Å². The van der Waals surface area contributed by atoms with Crippen molar-refractivity contribution in [1.29, 1.82) is 0 Å². The van der Waals surface area contributed by atoms with Crippen LogP contribution in [0.15, 0.2) is 30.3 Å². The molecule has 0 unspecified atom stereocenters. The maximum Gasteiger partial charge on any atom is 1.00 e. The summed E-state index contributed by atoms with van der Waals surface area (Å²) in [5, 5.41) is 0. The molecule has 0 aliphatic heterocycles. The van der Waals surface area contributed by atoms with Crippen LogP contribution in [0.25, 0.3) is 0 Å². The number of rotatable bonds is 0. The Balaban J connectivity index is 0. The van der Waals surface area contributed by atoms with Gasteiger partial charge in [-0.25, -0.2) is 4.57 Å². The minimum atomic E-state index is -0.833. The van der Waals surface area contributed by atoms with Crippen LogP contribution in [-0.2, 0) is 4.57 Å². The molecule has 0 aromatic heterocycles. The fourth-order valence-electron chi connectivity index (χ4n) is 0.342. The first-order valence-electron chi connectivity index (χ1n) is 2.29. The maximum absolute atomic E-state index is 8.46. The number of hydrogen-bond acceptors (Lipinski definition) is 1. The minimum Gasteiger partial charge on any atom is -0.310 e. The molecule has 0 heterocycles. The van der Waals surface area contributed by atoms with Gasteiger partial charge in [-0.1, -0.05) is 0 Å². The van der Waals surface area contributed by atoms with Crippen molar-refractivity contribution < 1.29 is 39.0 Å². The van der Waals surface area contributed by atoms with Gasteiger partial charge in [-0.3, -0.25) is 0 Å². The zero-order chi connectivity index (χ0) is 6.95. The zero-order valence-electron chi connectivity index (χ0n) is 5.69. The second kappa shape index (κ2) is 12.0. The van der Waals surface area contributed by atoms with Crippen molar-refractivity contribution in [3.8, 4) is 0 Å². The summed E-state index contributed by atoms with van der Waals surface area (Å²) in [4.78, 5) is 6.99. The molecule has 0 atom stereocenters. The standard InChI is InChI=1S/C6H5.Na.HO2P/c1-2-4-6-5-3-1;;1-3-2/h1-5H;;(H,1,2)/q-1;+1;. The van der Waals surface area contributed by atoms with Crippen LogP contribution in [0.3, 0.4) is 0 Å². The first kappa shape index (κ1) is 12.9. The molecule has 2 nitrogen and oxygen atoms in total. The fraction of sp³-hybridized carbons (Fsp3) is 0. The third kappa shape index (κ3) is 11.1. The van der Waals surface area contributed by atoms with Crippen LogP contribution in [0.2, 0.25) is 0 Å². The van der Waals surface area contributed by atoms with Crippen LogP contribution in [0, 0.1) is 6.07 Å². The van der Waals surface area contributed by atoms with Crippen molar-refractivity contribution in [2.45, 2.75) is 0 Å². The van der Waals surface area contributed by atoms with Crippen LogP contribution in [0.1, 0.15) is 0 Å². The molecule has 0 radical (unpaired) electrons. The quantitative estimate of drug-likeness (QED) is 0.293. The van der Waals surface area contributed by atoms with Gasteiger partial charge in [0.15, 0.2) is 0 Å². The molecule has 0 saturated carbocycles. The van der Waals surface area contributed by atoms with Crippen molar-refractivity contribution >= 4 is 8.69 Å². The second-order valence-corrected chi connectivity index (χ2v) is 1.32. The largest absolute Gasteiger partial charge is 1.00 e. The molecule has 1 rings (SSSR count). The average molecular weight is 164 g/mol. The molecule has 1 aromatic rings. The van der Waals surface area contributed by atoms with Gasteiger partial charge in [-0.05, 0) is 0 Å². The summed E-state index contributed by atoms with van der Waals surface area (Å²) in [5.41, 5.74) is 0. The maximum atomic E-state index is 8.46. The molecule has 0 amide bonds. The Morgan fingerprint density at radius 1 is 1.20 bits per heavy atom. The summed E-state index contributed by atoms with van der Waals surface area (Å²) in [7, 11) is -0.833. The second-order valence-electron chi connectivity index (χ2n) is 1.16. The van der Waals surface area contributed by atoms with Gasteiger partial charge < -0.3 is 4.89 Å². The SMILES string of the molecule is O=PO.[Na+].[c-]1ccccc1. The smallest absolute Gasteiger partial charge is 0.310 e. The van der Waals surface area contributed by atoms with E-state index in [0.717, 1.165) is 0 Å². The summed E-state index contributed by atoms with van der Waals surface area (Å²) in [6.07, 6.45) is 0.